The Labute approximate surface area is 208 Å². The van der Waals surface area contributed by atoms with Gasteiger partial charge in [0.1, 0.15) is 11.6 Å². The number of aromatic nitrogens is 4. The minimum absolute atomic E-state index is 0.880. The predicted molar refractivity (Wildman–Crippen MR) is 146 cm³/mol. The molecule has 0 spiro atoms. The highest BCUT2D eigenvalue weighted by Crippen LogP contribution is 2.25. The normalized spacial score (nSPS) is 14.2. The van der Waals surface area contributed by atoms with Gasteiger partial charge in [-0.2, -0.15) is 5.10 Å². The average molecular weight is 470 g/mol. The number of fused-ring (bicyclic) bond motifs is 1. The number of nitrogens with zero attached hydrogens (tertiary/aromatic N) is 6. The minimum Gasteiger partial charge on any atom is -0.373 e. The van der Waals surface area contributed by atoms with Gasteiger partial charge in [-0.15, -0.1) is 0 Å². The number of likely N-dealkylation sites (N-methyl/N-ethyl adjacent to an activating group) is 1. The van der Waals surface area contributed by atoms with Gasteiger partial charge in [0.15, 0.2) is 0 Å². The molecule has 1 aliphatic heterocycles. The summed E-state index contributed by atoms with van der Waals surface area (Å²) < 4.78 is 1.81. The summed E-state index contributed by atoms with van der Waals surface area (Å²) in [5.74, 6) is 2.01. The van der Waals surface area contributed by atoms with Gasteiger partial charge in [0.2, 0.25) is 0 Å². The monoisotopic (exact) mass is 469 g/mol. The fourth-order valence-electron chi connectivity index (χ4n) is 4.08. The molecular weight excluding hydrogens is 434 g/mol. The van der Waals surface area contributed by atoms with Crippen molar-refractivity contribution in [2.24, 2.45) is 7.05 Å². The van der Waals surface area contributed by atoms with Gasteiger partial charge >= 0.3 is 0 Å². The number of piperazine rings is 1. The number of nitrogens with one attached hydrogen (secondary N) is 1. The zero-order valence-electron chi connectivity index (χ0n) is 21.1. The van der Waals surface area contributed by atoms with E-state index in [2.05, 4.69) is 92.7 Å². The lowest BCUT2D eigenvalue weighted by molar-refractivity contribution is 0.312. The second-order valence-corrected chi connectivity index (χ2v) is 8.87. The first-order valence-corrected chi connectivity index (χ1v) is 12.1. The first-order valence-electron chi connectivity index (χ1n) is 12.1. The Hall–Kier alpha value is -3.71. The Morgan fingerprint density at radius 3 is 2.46 bits per heavy atom. The third-order valence-electron chi connectivity index (χ3n) is 6.24. The van der Waals surface area contributed by atoms with Gasteiger partial charge in [-0.05, 0) is 61.2 Å². The van der Waals surface area contributed by atoms with Gasteiger partial charge in [-0.3, -0.25) is 4.68 Å². The van der Waals surface area contributed by atoms with E-state index in [1.165, 1.54) is 16.5 Å². The van der Waals surface area contributed by atoms with Crippen molar-refractivity contribution in [3.63, 3.8) is 0 Å². The molecule has 0 unspecified atom stereocenters. The molecule has 35 heavy (non-hydrogen) atoms. The molecule has 1 aromatic carbocycles. The molecule has 0 saturated carbocycles. The highest BCUT2D eigenvalue weighted by Gasteiger charge is 2.15. The molecule has 7 heteroatoms. The van der Waals surface area contributed by atoms with Crippen molar-refractivity contribution in [3.05, 3.63) is 78.9 Å². The molecule has 0 bridgehead atoms. The van der Waals surface area contributed by atoms with Crippen LogP contribution >= 0.6 is 0 Å². The van der Waals surface area contributed by atoms with Crippen molar-refractivity contribution in [1.82, 2.24) is 24.6 Å². The minimum atomic E-state index is 0.880. The summed E-state index contributed by atoms with van der Waals surface area (Å²) in [7, 11) is 5.97. The van der Waals surface area contributed by atoms with Crippen molar-refractivity contribution >= 4 is 22.4 Å². The van der Waals surface area contributed by atoms with Crippen LogP contribution in [-0.4, -0.2) is 64.9 Å². The molecule has 1 aliphatic rings. The Balaban J connectivity index is 0.000000165. The van der Waals surface area contributed by atoms with Crippen LogP contribution in [0.4, 0.5) is 11.6 Å². The number of anilines is 2. The molecule has 1 fully saturated rings. The molecule has 182 valence electrons. The van der Waals surface area contributed by atoms with Crippen molar-refractivity contribution in [2.75, 3.05) is 50.5 Å². The van der Waals surface area contributed by atoms with E-state index in [1.54, 1.807) is 0 Å². The van der Waals surface area contributed by atoms with Crippen molar-refractivity contribution in [3.8, 4) is 11.1 Å². The van der Waals surface area contributed by atoms with Crippen LogP contribution in [0.2, 0.25) is 0 Å². The molecule has 0 radical (unpaired) electrons. The van der Waals surface area contributed by atoms with E-state index in [-0.39, 0.29) is 0 Å². The molecular formula is C28H35N7. The third-order valence-corrected chi connectivity index (χ3v) is 6.24. The molecule has 3 aromatic heterocycles. The van der Waals surface area contributed by atoms with E-state index < -0.39 is 0 Å². The smallest absolute Gasteiger partial charge is 0.128 e. The number of rotatable bonds is 5. The summed E-state index contributed by atoms with van der Waals surface area (Å²) in [6, 6.07) is 12.7. The largest absolute Gasteiger partial charge is 0.373 e. The molecule has 4 aromatic rings. The van der Waals surface area contributed by atoms with E-state index in [0.29, 0.717) is 0 Å². The Morgan fingerprint density at radius 1 is 0.914 bits per heavy atom. The van der Waals surface area contributed by atoms with E-state index in [0.717, 1.165) is 55.2 Å². The highest BCUT2D eigenvalue weighted by atomic mass is 15.3. The van der Waals surface area contributed by atoms with E-state index >= 15 is 0 Å². The van der Waals surface area contributed by atoms with Crippen molar-refractivity contribution in [2.45, 2.75) is 13.3 Å². The molecule has 0 aliphatic carbocycles. The van der Waals surface area contributed by atoms with Gasteiger partial charge in [0, 0.05) is 69.8 Å². The van der Waals surface area contributed by atoms with Crippen LogP contribution < -0.4 is 10.2 Å². The lowest BCUT2D eigenvalue weighted by Gasteiger charge is -2.33. The fourth-order valence-corrected chi connectivity index (χ4v) is 4.08. The summed E-state index contributed by atoms with van der Waals surface area (Å²) in [5, 5.41) is 9.57. The fraction of sp³-hybridized carbons (Fsp3) is 0.321. The first kappa shape index (κ1) is 24.4. The van der Waals surface area contributed by atoms with Crippen LogP contribution in [0.1, 0.15) is 12.5 Å². The molecule has 1 saturated heterocycles. The van der Waals surface area contributed by atoms with Crippen molar-refractivity contribution in [1.29, 1.82) is 0 Å². The van der Waals surface area contributed by atoms with Gasteiger partial charge in [0.25, 0.3) is 0 Å². The molecule has 0 atom stereocenters. The van der Waals surface area contributed by atoms with Gasteiger partial charge in [-0.25, -0.2) is 9.97 Å². The lowest BCUT2D eigenvalue weighted by atomic mass is 10.1. The van der Waals surface area contributed by atoms with Gasteiger partial charge in [-0.1, -0.05) is 24.3 Å². The summed E-state index contributed by atoms with van der Waals surface area (Å²) in [4.78, 5) is 13.5. The standard InChI is InChI=1S/C14H14N4.C14H21N3/c1-15-14-6-12-5-10(3-4-11(12)7-16-14)13-8-17-18(2)9-13;1-3-4-5-13-6-7-15-14(12-13)17-10-8-16(2)9-11-17/h3-9H,1-2H3,(H,15,16);3-4,6-7,12H,5,8-11H2,1-2H3/b;4-3-. The Kier molecular flexibility index (Phi) is 8.11. The lowest BCUT2D eigenvalue weighted by Crippen LogP contribution is -2.44. The quantitative estimate of drug-likeness (QED) is 0.430. The molecule has 4 heterocycles. The number of hydrogen-bond acceptors (Lipinski definition) is 6. The molecule has 5 rings (SSSR count). The van der Waals surface area contributed by atoms with Crippen LogP contribution in [0.25, 0.3) is 21.9 Å². The zero-order valence-corrected chi connectivity index (χ0v) is 21.1. The zero-order chi connectivity index (χ0) is 24.6. The van der Waals surface area contributed by atoms with E-state index in [1.807, 2.05) is 43.6 Å². The Bertz CT molecular complexity index is 1270. The van der Waals surface area contributed by atoms with Crippen LogP contribution in [0.3, 0.4) is 0 Å². The summed E-state index contributed by atoms with van der Waals surface area (Å²) in [5.41, 5.74) is 3.64. The van der Waals surface area contributed by atoms with Crippen LogP contribution in [0.15, 0.2) is 73.3 Å². The number of pyridine rings is 2. The van der Waals surface area contributed by atoms with Gasteiger partial charge < -0.3 is 15.1 Å². The highest BCUT2D eigenvalue weighted by molar-refractivity contribution is 5.88. The first-order chi connectivity index (χ1) is 17.1. The molecule has 7 nitrogen and oxygen atoms in total. The summed E-state index contributed by atoms with van der Waals surface area (Å²) in [6.45, 7) is 6.47. The third kappa shape index (κ3) is 6.45. The van der Waals surface area contributed by atoms with Crippen LogP contribution in [-0.2, 0) is 13.5 Å². The maximum Gasteiger partial charge on any atom is 0.128 e. The number of allylic oxidation sites excluding steroid dienone is 2. The number of hydrogen-bond donors (Lipinski definition) is 1. The maximum absolute atomic E-state index is 4.48. The number of aryl methyl sites for hydroxylation is 1. The summed E-state index contributed by atoms with van der Waals surface area (Å²) in [6.07, 6.45) is 13.0. The second kappa shape index (κ2) is 11.6. The van der Waals surface area contributed by atoms with Crippen LogP contribution in [0.5, 0.6) is 0 Å². The SMILES string of the molecule is C/C=C\Cc1ccnc(N2CCN(C)CC2)c1.CNc1cc2cc(-c3cnn(C)c3)ccc2cn1. The van der Waals surface area contributed by atoms with Crippen LogP contribution in [0, 0.1) is 0 Å². The molecule has 0 amide bonds. The number of benzene rings is 1. The van der Waals surface area contributed by atoms with Gasteiger partial charge in [0.05, 0.1) is 6.20 Å². The summed E-state index contributed by atoms with van der Waals surface area (Å²) >= 11 is 0. The molecule has 1 N–H and O–H groups in total. The van der Waals surface area contributed by atoms with Crippen molar-refractivity contribution < 1.29 is 0 Å². The van der Waals surface area contributed by atoms with E-state index in [4.69, 9.17) is 0 Å². The topological polar surface area (TPSA) is 62.1 Å². The second-order valence-electron chi connectivity index (χ2n) is 8.87. The van der Waals surface area contributed by atoms with E-state index in [9.17, 15) is 0 Å². The average Bonchev–Trinajstić information content (AvgIpc) is 3.34. The maximum atomic E-state index is 4.48. The Morgan fingerprint density at radius 2 is 1.74 bits per heavy atom. The predicted octanol–water partition coefficient (Wildman–Crippen LogP) is 4.63.